The molecule has 1 aliphatic rings. The van der Waals surface area contributed by atoms with E-state index in [1.165, 1.54) is 5.01 Å². The van der Waals surface area contributed by atoms with Gasteiger partial charge in [-0.2, -0.15) is 0 Å². The molecule has 2 heterocycles. The van der Waals surface area contributed by atoms with E-state index in [4.69, 9.17) is 9.73 Å². The van der Waals surface area contributed by atoms with Crippen molar-refractivity contribution in [3.63, 3.8) is 0 Å². The van der Waals surface area contributed by atoms with Crippen molar-refractivity contribution in [1.82, 2.24) is 20.5 Å². The molecular formula is C18H33N5OS. The van der Waals surface area contributed by atoms with Crippen molar-refractivity contribution < 1.29 is 4.74 Å². The number of rotatable bonds is 8. The highest BCUT2D eigenvalue weighted by molar-refractivity contribution is 7.09. The summed E-state index contributed by atoms with van der Waals surface area (Å²) in [4.78, 5) is 11.8. The van der Waals surface area contributed by atoms with Crippen LogP contribution < -0.4 is 10.6 Å². The zero-order valence-corrected chi connectivity index (χ0v) is 16.9. The summed E-state index contributed by atoms with van der Waals surface area (Å²) in [5, 5.41) is 10.1. The minimum absolute atomic E-state index is 0.0462. The van der Waals surface area contributed by atoms with E-state index in [1.807, 2.05) is 6.92 Å². The van der Waals surface area contributed by atoms with E-state index in [2.05, 4.69) is 46.7 Å². The van der Waals surface area contributed by atoms with Crippen LogP contribution in [0.1, 0.15) is 37.9 Å². The molecule has 0 bridgehead atoms. The molecule has 2 N–H and O–H groups in total. The Hall–Kier alpha value is -1.18. The van der Waals surface area contributed by atoms with E-state index in [0.29, 0.717) is 0 Å². The fourth-order valence-corrected chi connectivity index (χ4v) is 3.67. The summed E-state index contributed by atoms with van der Waals surface area (Å²) in [7, 11) is 0. The predicted molar refractivity (Wildman–Crippen MR) is 106 cm³/mol. The fraction of sp³-hybridized carbons (Fsp3) is 0.778. The quantitative estimate of drug-likeness (QED) is 0.418. The Kier molecular flexibility index (Phi) is 8.12. The summed E-state index contributed by atoms with van der Waals surface area (Å²) >= 11 is 1.75. The molecule has 142 valence electrons. The maximum absolute atomic E-state index is 5.46. The zero-order chi connectivity index (χ0) is 18.1. The van der Waals surface area contributed by atoms with E-state index in [9.17, 15) is 0 Å². The second-order valence-corrected chi connectivity index (χ2v) is 7.96. The van der Waals surface area contributed by atoms with Crippen LogP contribution >= 0.6 is 11.3 Å². The van der Waals surface area contributed by atoms with Crippen molar-refractivity contribution >= 4 is 17.3 Å². The van der Waals surface area contributed by atoms with Gasteiger partial charge in [0.05, 0.1) is 24.8 Å². The number of ether oxygens (including phenoxy) is 1. The molecular weight excluding hydrogens is 334 g/mol. The fourth-order valence-electron chi connectivity index (χ4n) is 2.85. The number of hydrogen-bond donors (Lipinski definition) is 2. The Labute approximate surface area is 156 Å². The minimum Gasteiger partial charge on any atom is -0.379 e. The van der Waals surface area contributed by atoms with Crippen LogP contribution in [-0.4, -0.2) is 67.3 Å². The van der Waals surface area contributed by atoms with Gasteiger partial charge in [0.25, 0.3) is 0 Å². The van der Waals surface area contributed by atoms with Crippen LogP contribution in [0, 0.1) is 6.92 Å². The average Bonchev–Trinajstić information content (AvgIpc) is 3.02. The number of thiazole rings is 1. The second-order valence-electron chi connectivity index (χ2n) is 7.02. The summed E-state index contributed by atoms with van der Waals surface area (Å²) in [6, 6.07) is 0. The van der Waals surface area contributed by atoms with E-state index < -0.39 is 0 Å². The van der Waals surface area contributed by atoms with Gasteiger partial charge in [-0.3, -0.25) is 9.89 Å². The first-order valence-electron chi connectivity index (χ1n) is 9.27. The normalized spacial score (nSPS) is 16.9. The smallest absolute Gasteiger partial charge is 0.191 e. The first kappa shape index (κ1) is 20.1. The molecule has 0 saturated carbocycles. The lowest BCUT2D eigenvalue weighted by Gasteiger charge is -2.39. The third-order valence-corrected chi connectivity index (χ3v) is 5.39. The molecule has 0 aromatic carbocycles. The number of guanidine groups is 1. The average molecular weight is 368 g/mol. The maximum atomic E-state index is 5.46. The number of aromatic nitrogens is 1. The first-order chi connectivity index (χ1) is 12.0. The van der Waals surface area contributed by atoms with Gasteiger partial charge in [-0.05, 0) is 34.1 Å². The zero-order valence-electron chi connectivity index (χ0n) is 16.1. The van der Waals surface area contributed by atoms with E-state index in [1.54, 1.807) is 11.3 Å². The SMILES string of the molecule is CCNC(=NCC(C)(C)N1CCOCC1)NCCCc1nc(C)cs1. The highest BCUT2D eigenvalue weighted by Crippen LogP contribution is 2.16. The number of hydrogen-bond acceptors (Lipinski definition) is 5. The molecule has 2 rings (SSSR count). The highest BCUT2D eigenvalue weighted by atomic mass is 32.1. The van der Waals surface area contributed by atoms with Crippen LogP contribution in [0.15, 0.2) is 10.4 Å². The minimum atomic E-state index is 0.0462. The second kappa shape index (κ2) is 10.1. The number of aryl methyl sites for hydroxylation is 2. The number of nitrogens with zero attached hydrogens (tertiary/aromatic N) is 3. The topological polar surface area (TPSA) is 61.8 Å². The molecule has 1 aromatic rings. The number of aliphatic imine (C=N–C) groups is 1. The standard InChI is InChI=1S/C18H33N5OS/c1-5-19-17(20-8-6-7-16-22-15(2)13-25-16)21-14-18(3,4)23-9-11-24-12-10-23/h13H,5-12,14H2,1-4H3,(H2,19,20,21). The molecule has 0 atom stereocenters. The van der Waals surface area contributed by atoms with Gasteiger partial charge in [-0.15, -0.1) is 11.3 Å². The summed E-state index contributed by atoms with van der Waals surface area (Å²) in [5.74, 6) is 0.902. The molecule has 25 heavy (non-hydrogen) atoms. The Morgan fingerprint density at radius 1 is 1.36 bits per heavy atom. The summed E-state index contributed by atoms with van der Waals surface area (Å²) in [6.07, 6.45) is 2.08. The largest absolute Gasteiger partial charge is 0.379 e. The molecule has 1 fully saturated rings. The molecule has 0 radical (unpaired) electrons. The van der Waals surface area contributed by atoms with Gasteiger partial charge in [0, 0.05) is 49.2 Å². The molecule has 1 aromatic heterocycles. The van der Waals surface area contributed by atoms with Crippen molar-refractivity contribution in [2.75, 3.05) is 45.9 Å². The Bertz CT molecular complexity index is 537. The van der Waals surface area contributed by atoms with Crippen LogP contribution in [0.5, 0.6) is 0 Å². The van der Waals surface area contributed by atoms with Crippen LogP contribution in [0.2, 0.25) is 0 Å². The summed E-state index contributed by atoms with van der Waals surface area (Å²) in [5.41, 5.74) is 1.16. The van der Waals surface area contributed by atoms with Crippen molar-refractivity contribution in [2.24, 2.45) is 4.99 Å². The lowest BCUT2D eigenvalue weighted by Crippen LogP contribution is -2.52. The van der Waals surface area contributed by atoms with Gasteiger partial charge in [0.1, 0.15) is 0 Å². The van der Waals surface area contributed by atoms with E-state index in [-0.39, 0.29) is 5.54 Å². The maximum Gasteiger partial charge on any atom is 0.191 e. The Balaban J connectivity index is 1.78. The molecule has 0 unspecified atom stereocenters. The van der Waals surface area contributed by atoms with Crippen molar-refractivity contribution in [3.05, 3.63) is 16.1 Å². The predicted octanol–water partition coefficient (Wildman–Crippen LogP) is 2.05. The molecule has 1 saturated heterocycles. The highest BCUT2D eigenvalue weighted by Gasteiger charge is 2.28. The van der Waals surface area contributed by atoms with Crippen LogP contribution in [0.3, 0.4) is 0 Å². The van der Waals surface area contributed by atoms with E-state index >= 15 is 0 Å². The molecule has 1 aliphatic heterocycles. The van der Waals surface area contributed by atoms with Crippen molar-refractivity contribution in [3.8, 4) is 0 Å². The summed E-state index contributed by atoms with van der Waals surface area (Å²) in [6.45, 7) is 14.8. The molecule has 0 spiro atoms. The van der Waals surface area contributed by atoms with Crippen LogP contribution in [-0.2, 0) is 11.2 Å². The van der Waals surface area contributed by atoms with Gasteiger partial charge >= 0.3 is 0 Å². The van der Waals surface area contributed by atoms with Crippen LogP contribution in [0.4, 0.5) is 0 Å². The van der Waals surface area contributed by atoms with E-state index in [0.717, 1.165) is 70.4 Å². The van der Waals surface area contributed by atoms with Gasteiger partial charge in [-0.1, -0.05) is 0 Å². The number of nitrogens with one attached hydrogen (secondary N) is 2. The third-order valence-electron chi connectivity index (χ3n) is 4.36. The molecule has 7 heteroatoms. The Morgan fingerprint density at radius 2 is 2.12 bits per heavy atom. The van der Waals surface area contributed by atoms with Gasteiger partial charge in [0.15, 0.2) is 5.96 Å². The van der Waals surface area contributed by atoms with Gasteiger partial charge in [0.2, 0.25) is 0 Å². The molecule has 0 aliphatic carbocycles. The lowest BCUT2D eigenvalue weighted by molar-refractivity contribution is -0.00683. The first-order valence-corrected chi connectivity index (χ1v) is 10.1. The van der Waals surface area contributed by atoms with Crippen molar-refractivity contribution in [1.29, 1.82) is 0 Å². The Morgan fingerprint density at radius 3 is 2.76 bits per heavy atom. The molecule has 0 amide bonds. The monoisotopic (exact) mass is 367 g/mol. The van der Waals surface area contributed by atoms with Gasteiger partial charge in [-0.25, -0.2) is 4.98 Å². The van der Waals surface area contributed by atoms with Crippen LogP contribution in [0.25, 0.3) is 0 Å². The van der Waals surface area contributed by atoms with Gasteiger partial charge < -0.3 is 15.4 Å². The summed E-state index contributed by atoms with van der Waals surface area (Å²) < 4.78 is 5.46. The third kappa shape index (κ3) is 6.92. The van der Waals surface area contributed by atoms with Crippen molar-refractivity contribution in [2.45, 2.75) is 46.1 Å². The number of morpholine rings is 1. The lowest BCUT2D eigenvalue weighted by atomic mass is 10.0. The molecule has 6 nitrogen and oxygen atoms in total.